The third kappa shape index (κ3) is 3.39. The lowest BCUT2D eigenvalue weighted by atomic mass is 10.1. The third-order valence-corrected chi connectivity index (χ3v) is 4.32. The zero-order valence-electron chi connectivity index (χ0n) is 13.7. The first-order valence-electron chi connectivity index (χ1n) is 7.54. The van der Waals surface area contributed by atoms with Gasteiger partial charge in [0.1, 0.15) is 5.75 Å². The van der Waals surface area contributed by atoms with Crippen molar-refractivity contribution in [2.45, 2.75) is 33.6 Å². The number of tetrazole rings is 1. The van der Waals surface area contributed by atoms with Gasteiger partial charge in [-0.05, 0) is 55.2 Å². The highest BCUT2D eigenvalue weighted by molar-refractivity contribution is 7.09. The van der Waals surface area contributed by atoms with E-state index in [9.17, 15) is 0 Å². The van der Waals surface area contributed by atoms with Crippen LogP contribution in [0.1, 0.15) is 29.5 Å². The van der Waals surface area contributed by atoms with Crippen molar-refractivity contribution in [2.24, 2.45) is 7.05 Å². The lowest BCUT2D eigenvalue weighted by Crippen LogP contribution is -1.95. The van der Waals surface area contributed by atoms with Gasteiger partial charge in [0.05, 0.1) is 17.4 Å². The molecule has 120 valence electrons. The Hall–Kier alpha value is -2.28. The van der Waals surface area contributed by atoms with Crippen molar-refractivity contribution >= 4 is 11.3 Å². The lowest BCUT2D eigenvalue weighted by molar-refractivity contribution is 0.458. The van der Waals surface area contributed by atoms with Crippen LogP contribution in [0.3, 0.4) is 0 Å². The van der Waals surface area contributed by atoms with Gasteiger partial charge in [-0.3, -0.25) is 0 Å². The summed E-state index contributed by atoms with van der Waals surface area (Å²) in [6.07, 6.45) is 2.08. The second-order valence-corrected chi connectivity index (χ2v) is 6.42. The average molecular weight is 329 g/mol. The van der Waals surface area contributed by atoms with Gasteiger partial charge in [-0.2, -0.15) is 4.80 Å². The highest BCUT2D eigenvalue weighted by atomic mass is 32.1. The smallest absolute Gasteiger partial charge is 0.230 e. The molecular weight excluding hydrogens is 310 g/mol. The van der Waals surface area contributed by atoms with Crippen LogP contribution in [-0.2, 0) is 13.5 Å². The first kappa shape index (κ1) is 15.6. The number of aryl methyl sites for hydroxylation is 4. The average Bonchev–Trinajstić information content (AvgIpc) is 3.12. The summed E-state index contributed by atoms with van der Waals surface area (Å²) in [6, 6.07) is 4.03. The van der Waals surface area contributed by atoms with Gasteiger partial charge in [0.15, 0.2) is 0 Å². The molecule has 0 spiro atoms. The number of rotatable bonds is 5. The normalized spacial score (nSPS) is 11.0. The van der Waals surface area contributed by atoms with Gasteiger partial charge in [-0.25, -0.2) is 4.98 Å². The first-order chi connectivity index (χ1) is 11.1. The molecule has 3 aromatic rings. The predicted molar refractivity (Wildman–Crippen MR) is 89.9 cm³/mol. The van der Waals surface area contributed by atoms with Crippen molar-refractivity contribution in [3.05, 3.63) is 33.6 Å². The molecule has 2 heterocycles. The standard InChI is InChI=1S/C16H19N5OS/c1-5-6-14-17-13(9-23-14)22-15-10(2)7-12(8-11(15)3)16-18-20-21(4)19-16/h7-9H,5-6H2,1-4H3. The zero-order valence-corrected chi connectivity index (χ0v) is 14.5. The van der Waals surface area contributed by atoms with Crippen LogP contribution in [0.15, 0.2) is 17.5 Å². The fourth-order valence-electron chi connectivity index (χ4n) is 2.41. The predicted octanol–water partition coefficient (Wildman–Crippen LogP) is 3.70. The Morgan fingerprint density at radius 1 is 1.22 bits per heavy atom. The highest BCUT2D eigenvalue weighted by Crippen LogP contribution is 2.32. The van der Waals surface area contributed by atoms with Crippen molar-refractivity contribution in [3.63, 3.8) is 0 Å². The SMILES string of the molecule is CCCc1nc(Oc2c(C)cc(-c3nnn(C)n3)cc2C)cs1. The van der Waals surface area contributed by atoms with Gasteiger partial charge < -0.3 is 4.74 Å². The molecule has 0 unspecified atom stereocenters. The van der Waals surface area contributed by atoms with Crippen LogP contribution in [-0.4, -0.2) is 25.2 Å². The highest BCUT2D eigenvalue weighted by Gasteiger charge is 2.13. The molecule has 0 amide bonds. The van der Waals surface area contributed by atoms with E-state index in [-0.39, 0.29) is 0 Å². The Labute approximate surface area is 139 Å². The van der Waals surface area contributed by atoms with Gasteiger partial charge in [0.2, 0.25) is 11.7 Å². The maximum atomic E-state index is 6.00. The minimum Gasteiger partial charge on any atom is -0.438 e. The van der Waals surface area contributed by atoms with Crippen molar-refractivity contribution in [2.75, 3.05) is 0 Å². The van der Waals surface area contributed by atoms with Gasteiger partial charge in [-0.1, -0.05) is 6.92 Å². The third-order valence-electron chi connectivity index (χ3n) is 3.43. The van der Waals surface area contributed by atoms with Crippen LogP contribution in [0, 0.1) is 13.8 Å². The summed E-state index contributed by atoms with van der Waals surface area (Å²) in [5.74, 6) is 2.12. The number of hydrogen-bond donors (Lipinski definition) is 0. The van der Waals surface area contributed by atoms with Crippen LogP contribution in [0.2, 0.25) is 0 Å². The second-order valence-electron chi connectivity index (χ2n) is 5.47. The maximum absolute atomic E-state index is 6.00. The summed E-state index contributed by atoms with van der Waals surface area (Å²) in [4.78, 5) is 5.97. The maximum Gasteiger partial charge on any atom is 0.230 e. The number of ether oxygens (including phenoxy) is 1. The second kappa shape index (κ2) is 6.45. The van der Waals surface area contributed by atoms with E-state index in [2.05, 4.69) is 27.3 Å². The Kier molecular flexibility index (Phi) is 4.38. The van der Waals surface area contributed by atoms with Crippen LogP contribution in [0.25, 0.3) is 11.4 Å². The molecule has 0 aliphatic heterocycles. The summed E-state index contributed by atoms with van der Waals surface area (Å²) >= 11 is 1.64. The van der Waals surface area contributed by atoms with Gasteiger partial charge in [0.25, 0.3) is 0 Å². The Bertz CT molecular complexity index is 800. The van der Waals surface area contributed by atoms with E-state index >= 15 is 0 Å². The fourth-order valence-corrected chi connectivity index (χ4v) is 3.22. The van der Waals surface area contributed by atoms with Gasteiger partial charge >= 0.3 is 0 Å². The van der Waals surface area contributed by atoms with Crippen LogP contribution >= 0.6 is 11.3 Å². The molecule has 0 fully saturated rings. The van der Waals surface area contributed by atoms with E-state index in [1.165, 1.54) is 4.80 Å². The van der Waals surface area contributed by atoms with Crippen LogP contribution in [0.4, 0.5) is 0 Å². The number of thiazole rings is 1. The minimum atomic E-state index is 0.615. The molecule has 1 aromatic carbocycles. The fraction of sp³-hybridized carbons (Fsp3) is 0.375. The summed E-state index contributed by atoms with van der Waals surface area (Å²) < 4.78 is 6.00. The number of aromatic nitrogens is 5. The Morgan fingerprint density at radius 3 is 2.57 bits per heavy atom. The van der Waals surface area contributed by atoms with E-state index in [0.717, 1.165) is 40.3 Å². The van der Waals surface area contributed by atoms with Crippen LogP contribution in [0.5, 0.6) is 11.6 Å². The molecule has 0 N–H and O–H groups in total. The van der Waals surface area contributed by atoms with Crippen molar-refractivity contribution in [1.29, 1.82) is 0 Å². The topological polar surface area (TPSA) is 65.7 Å². The molecule has 0 aliphatic rings. The molecule has 7 heteroatoms. The van der Waals surface area contributed by atoms with Gasteiger partial charge in [0, 0.05) is 5.56 Å². The van der Waals surface area contributed by atoms with E-state index < -0.39 is 0 Å². The summed E-state index contributed by atoms with van der Waals surface area (Å²) in [6.45, 7) is 6.18. The molecule has 0 radical (unpaired) electrons. The van der Waals surface area contributed by atoms with Crippen molar-refractivity contribution < 1.29 is 4.74 Å². The largest absolute Gasteiger partial charge is 0.438 e. The lowest BCUT2D eigenvalue weighted by Gasteiger charge is -2.11. The molecule has 6 nitrogen and oxygen atoms in total. The molecule has 0 aliphatic carbocycles. The molecule has 2 aromatic heterocycles. The summed E-state index contributed by atoms with van der Waals surface area (Å²) in [5, 5.41) is 15.2. The molecule has 0 saturated carbocycles. The summed E-state index contributed by atoms with van der Waals surface area (Å²) in [7, 11) is 1.75. The molecule has 0 saturated heterocycles. The van der Waals surface area contributed by atoms with Crippen LogP contribution < -0.4 is 4.74 Å². The van der Waals surface area contributed by atoms with E-state index in [4.69, 9.17) is 4.74 Å². The number of benzene rings is 1. The van der Waals surface area contributed by atoms with Crippen molar-refractivity contribution in [1.82, 2.24) is 25.2 Å². The Balaban J connectivity index is 1.87. The zero-order chi connectivity index (χ0) is 16.4. The minimum absolute atomic E-state index is 0.615. The van der Waals surface area contributed by atoms with Crippen molar-refractivity contribution in [3.8, 4) is 23.0 Å². The molecule has 0 bridgehead atoms. The number of nitrogens with zero attached hydrogens (tertiary/aromatic N) is 5. The molecular formula is C16H19N5OS. The van der Waals surface area contributed by atoms with E-state index in [1.54, 1.807) is 18.4 Å². The molecule has 23 heavy (non-hydrogen) atoms. The Morgan fingerprint density at radius 2 is 1.96 bits per heavy atom. The summed E-state index contributed by atoms with van der Waals surface area (Å²) in [5.41, 5.74) is 2.99. The monoisotopic (exact) mass is 329 g/mol. The van der Waals surface area contributed by atoms with Gasteiger partial charge in [-0.15, -0.1) is 21.5 Å². The quantitative estimate of drug-likeness (QED) is 0.714. The molecule has 0 atom stereocenters. The first-order valence-corrected chi connectivity index (χ1v) is 8.42. The number of hydrogen-bond acceptors (Lipinski definition) is 6. The molecule has 3 rings (SSSR count). The van der Waals surface area contributed by atoms with E-state index in [0.29, 0.717) is 11.7 Å². The van der Waals surface area contributed by atoms with E-state index in [1.807, 2.05) is 31.4 Å².